The number of nitrogens with one attached hydrogen (secondary N) is 1. The third kappa shape index (κ3) is 6.54. The van der Waals surface area contributed by atoms with Gasteiger partial charge in [0, 0.05) is 24.3 Å². The SMILES string of the molecule is COc1ccc(CN(C(=O)Nc2cccc(Oc3ccccc3)c2)C2CCC(c3ccccc3)CC2)cc1. The topological polar surface area (TPSA) is 50.8 Å². The van der Waals surface area contributed by atoms with Crippen molar-refractivity contribution in [3.63, 3.8) is 0 Å². The van der Waals surface area contributed by atoms with Crippen molar-refractivity contribution in [3.8, 4) is 17.2 Å². The largest absolute Gasteiger partial charge is 0.497 e. The van der Waals surface area contributed by atoms with Gasteiger partial charge >= 0.3 is 6.03 Å². The van der Waals surface area contributed by atoms with Crippen LogP contribution >= 0.6 is 0 Å². The van der Waals surface area contributed by atoms with Gasteiger partial charge in [-0.2, -0.15) is 0 Å². The van der Waals surface area contributed by atoms with E-state index in [4.69, 9.17) is 9.47 Å². The number of urea groups is 1. The number of benzene rings is 4. The highest BCUT2D eigenvalue weighted by molar-refractivity contribution is 5.89. The minimum atomic E-state index is -0.0964. The Morgan fingerprint density at radius 1 is 0.763 bits per heavy atom. The summed E-state index contributed by atoms with van der Waals surface area (Å²) < 4.78 is 11.3. The van der Waals surface area contributed by atoms with Gasteiger partial charge < -0.3 is 19.7 Å². The second-order valence-electron chi connectivity index (χ2n) is 9.77. The molecule has 0 heterocycles. The fourth-order valence-corrected chi connectivity index (χ4v) is 5.20. The molecule has 0 aromatic heterocycles. The lowest BCUT2D eigenvalue weighted by molar-refractivity contribution is 0.158. The highest BCUT2D eigenvalue weighted by Crippen LogP contribution is 2.35. The number of hydrogen-bond donors (Lipinski definition) is 1. The standard InChI is InChI=1S/C33H34N2O3/c1-37-30-21-15-25(16-22-30)24-35(29-19-17-27(18-20-29)26-9-4-2-5-10-26)33(36)34-28-11-8-14-32(23-28)38-31-12-6-3-7-13-31/h2-16,21-23,27,29H,17-20,24H2,1H3,(H,34,36). The number of rotatable bonds is 8. The van der Waals surface area contributed by atoms with Crippen molar-refractivity contribution in [2.45, 2.75) is 44.2 Å². The summed E-state index contributed by atoms with van der Waals surface area (Å²) in [5, 5.41) is 3.13. The van der Waals surface area contributed by atoms with E-state index in [0.717, 1.165) is 42.7 Å². The fourth-order valence-electron chi connectivity index (χ4n) is 5.20. The van der Waals surface area contributed by atoms with Gasteiger partial charge in [-0.05, 0) is 79.1 Å². The van der Waals surface area contributed by atoms with E-state index in [1.165, 1.54) is 5.56 Å². The van der Waals surface area contributed by atoms with Crippen molar-refractivity contribution in [1.29, 1.82) is 0 Å². The summed E-state index contributed by atoms with van der Waals surface area (Å²) in [7, 11) is 1.66. The molecule has 0 atom stereocenters. The lowest BCUT2D eigenvalue weighted by Crippen LogP contribution is -2.44. The number of carbonyl (C=O) groups excluding carboxylic acids is 1. The van der Waals surface area contributed by atoms with Crippen LogP contribution in [0.4, 0.5) is 10.5 Å². The van der Waals surface area contributed by atoms with Gasteiger partial charge in [-0.3, -0.25) is 0 Å². The average molecular weight is 507 g/mol. The van der Waals surface area contributed by atoms with Gasteiger partial charge in [0.05, 0.1) is 7.11 Å². The average Bonchev–Trinajstić information content (AvgIpc) is 2.97. The molecular formula is C33H34N2O3. The Balaban J connectivity index is 1.30. The lowest BCUT2D eigenvalue weighted by Gasteiger charge is -2.37. The molecule has 0 unspecified atom stereocenters. The van der Waals surface area contributed by atoms with Crippen LogP contribution in [0, 0.1) is 0 Å². The first-order valence-electron chi connectivity index (χ1n) is 13.3. The monoisotopic (exact) mass is 506 g/mol. The van der Waals surface area contributed by atoms with Crippen molar-refractivity contribution in [1.82, 2.24) is 4.90 Å². The van der Waals surface area contributed by atoms with Crippen LogP contribution in [-0.2, 0) is 6.54 Å². The summed E-state index contributed by atoms with van der Waals surface area (Å²) in [5.41, 5.74) is 3.18. The van der Waals surface area contributed by atoms with Crippen molar-refractivity contribution in [3.05, 3.63) is 120 Å². The van der Waals surface area contributed by atoms with Crippen molar-refractivity contribution in [2.24, 2.45) is 0 Å². The maximum absolute atomic E-state index is 13.7. The third-order valence-corrected chi connectivity index (χ3v) is 7.25. The van der Waals surface area contributed by atoms with Gasteiger partial charge in [-0.1, -0.05) is 66.7 Å². The van der Waals surface area contributed by atoms with E-state index in [-0.39, 0.29) is 12.1 Å². The van der Waals surface area contributed by atoms with E-state index in [1.54, 1.807) is 7.11 Å². The molecule has 1 aliphatic carbocycles. The predicted molar refractivity (Wildman–Crippen MR) is 152 cm³/mol. The minimum Gasteiger partial charge on any atom is -0.497 e. The molecule has 0 saturated heterocycles. The summed E-state index contributed by atoms with van der Waals surface area (Å²) in [6, 6.07) is 35.9. The summed E-state index contributed by atoms with van der Waals surface area (Å²) >= 11 is 0. The lowest BCUT2D eigenvalue weighted by atomic mass is 9.81. The maximum Gasteiger partial charge on any atom is 0.322 e. The Morgan fingerprint density at radius 3 is 2.11 bits per heavy atom. The van der Waals surface area contributed by atoms with E-state index < -0.39 is 0 Å². The molecule has 2 amide bonds. The Morgan fingerprint density at radius 2 is 1.42 bits per heavy atom. The molecule has 4 aromatic rings. The number of anilines is 1. The van der Waals surface area contributed by atoms with Gasteiger partial charge in [0.2, 0.25) is 0 Å². The Bertz CT molecular complexity index is 1300. The van der Waals surface area contributed by atoms with E-state index in [1.807, 2.05) is 83.8 Å². The van der Waals surface area contributed by atoms with Crippen LogP contribution in [0.1, 0.15) is 42.7 Å². The first kappa shape index (κ1) is 25.4. The second-order valence-corrected chi connectivity index (χ2v) is 9.77. The molecule has 5 heteroatoms. The predicted octanol–water partition coefficient (Wildman–Crippen LogP) is 8.25. The highest BCUT2D eigenvalue weighted by atomic mass is 16.5. The molecule has 5 rings (SSSR count). The first-order valence-corrected chi connectivity index (χ1v) is 13.3. The number of ether oxygens (including phenoxy) is 2. The molecule has 4 aromatic carbocycles. The first-order chi connectivity index (χ1) is 18.7. The van der Waals surface area contributed by atoms with Gasteiger partial charge in [0.1, 0.15) is 17.2 Å². The highest BCUT2D eigenvalue weighted by Gasteiger charge is 2.30. The van der Waals surface area contributed by atoms with Crippen LogP contribution in [0.3, 0.4) is 0 Å². The van der Waals surface area contributed by atoms with E-state index in [0.29, 0.717) is 23.9 Å². The minimum absolute atomic E-state index is 0.0964. The zero-order valence-electron chi connectivity index (χ0n) is 21.8. The van der Waals surface area contributed by atoms with Crippen molar-refractivity contribution in [2.75, 3.05) is 12.4 Å². The third-order valence-electron chi connectivity index (χ3n) is 7.25. The van der Waals surface area contributed by atoms with E-state index in [2.05, 4.69) is 35.6 Å². The van der Waals surface area contributed by atoms with Crippen LogP contribution in [0.15, 0.2) is 109 Å². The van der Waals surface area contributed by atoms with Gasteiger partial charge in [0.15, 0.2) is 0 Å². The molecule has 194 valence electrons. The quantitative estimate of drug-likeness (QED) is 0.262. The zero-order chi connectivity index (χ0) is 26.2. The molecule has 1 N–H and O–H groups in total. The Kier molecular flexibility index (Phi) is 8.24. The van der Waals surface area contributed by atoms with Crippen LogP contribution in [0.5, 0.6) is 17.2 Å². The molecule has 5 nitrogen and oxygen atoms in total. The number of amides is 2. The molecule has 1 saturated carbocycles. The molecule has 0 aliphatic heterocycles. The normalized spacial score (nSPS) is 16.9. The summed E-state index contributed by atoms with van der Waals surface area (Å²) in [6.45, 7) is 0.538. The van der Waals surface area contributed by atoms with Gasteiger partial charge in [-0.15, -0.1) is 0 Å². The number of carbonyl (C=O) groups is 1. The van der Waals surface area contributed by atoms with Crippen molar-refractivity contribution >= 4 is 11.7 Å². The van der Waals surface area contributed by atoms with Gasteiger partial charge in [0.25, 0.3) is 0 Å². The van der Waals surface area contributed by atoms with Gasteiger partial charge in [-0.25, -0.2) is 4.79 Å². The summed E-state index contributed by atoms with van der Waals surface area (Å²) in [6.07, 6.45) is 4.09. The summed E-state index contributed by atoms with van der Waals surface area (Å²) in [4.78, 5) is 15.7. The number of methoxy groups -OCH3 is 1. The molecule has 1 fully saturated rings. The van der Waals surface area contributed by atoms with Crippen LogP contribution in [0.25, 0.3) is 0 Å². The Labute approximate surface area is 225 Å². The maximum atomic E-state index is 13.7. The molecule has 0 bridgehead atoms. The second kappa shape index (κ2) is 12.3. The van der Waals surface area contributed by atoms with Crippen LogP contribution in [-0.4, -0.2) is 24.1 Å². The smallest absolute Gasteiger partial charge is 0.322 e. The number of nitrogens with zero attached hydrogens (tertiary/aromatic N) is 1. The Hall–Kier alpha value is -4.25. The van der Waals surface area contributed by atoms with Crippen LogP contribution in [0.2, 0.25) is 0 Å². The molecule has 1 aliphatic rings. The molecule has 0 radical (unpaired) electrons. The summed E-state index contributed by atoms with van der Waals surface area (Å²) in [5.74, 6) is 2.79. The van der Waals surface area contributed by atoms with Crippen molar-refractivity contribution < 1.29 is 14.3 Å². The molecule has 38 heavy (non-hydrogen) atoms. The van der Waals surface area contributed by atoms with E-state index >= 15 is 0 Å². The zero-order valence-corrected chi connectivity index (χ0v) is 21.8. The van der Waals surface area contributed by atoms with Crippen LogP contribution < -0.4 is 14.8 Å². The van der Waals surface area contributed by atoms with E-state index in [9.17, 15) is 4.79 Å². The molecular weight excluding hydrogens is 472 g/mol. The molecule has 0 spiro atoms. The number of para-hydroxylation sites is 1. The number of hydrogen-bond acceptors (Lipinski definition) is 3. The fraction of sp³-hybridized carbons (Fsp3) is 0.242.